The fraction of sp³-hybridized carbons (Fsp3) is 0.500. The van der Waals surface area contributed by atoms with Gasteiger partial charge in [-0.3, -0.25) is 9.59 Å². The van der Waals surface area contributed by atoms with Crippen LogP contribution in [0, 0.1) is 24.2 Å². The lowest BCUT2D eigenvalue weighted by atomic mass is 9.98. The number of carbonyl (C=O) groups excluding carboxylic acids is 2. The van der Waals surface area contributed by atoms with E-state index in [1.165, 1.54) is 0 Å². The van der Waals surface area contributed by atoms with Gasteiger partial charge in [0, 0.05) is 17.8 Å². The predicted molar refractivity (Wildman–Crippen MR) is 93.5 cm³/mol. The van der Waals surface area contributed by atoms with Crippen LogP contribution < -0.4 is 16.0 Å². The number of nitrogens with one attached hydrogen (secondary N) is 3. The number of rotatable bonds is 7. The molecule has 1 aliphatic carbocycles. The van der Waals surface area contributed by atoms with Crippen LogP contribution in [0.15, 0.2) is 18.2 Å². The van der Waals surface area contributed by atoms with Crippen LogP contribution in [0.2, 0.25) is 0 Å². The quantitative estimate of drug-likeness (QED) is 0.717. The molecule has 6 nitrogen and oxygen atoms in total. The summed E-state index contributed by atoms with van der Waals surface area (Å²) in [5.41, 5.74) is 1.66. The molecule has 3 N–H and O–H groups in total. The van der Waals surface area contributed by atoms with E-state index in [2.05, 4.69) is 22.0 Å². The summed E-state index contributed by atoms with van der Waals surface area (Å²) in [7, 11) is 0. The average Bonchev–Trinajstić information content (AvgIpc) is 3.40. The van der Waals surface area contributed by atoms with Crippen LogP contribution in [0.5, 0.6) is 0 Å². The highest BCUT2D eigenvalue weighted by Crippen LogP contribution is 2.39. The summed E-state index contributed by atoms with van der Waals surface area (Å²) >= 11 is 0. The molecule has 1 atom stereocenters. The van der Waals surface area contributed by atoms with Crippen molar-refractivity contribution in [2.75, 3.05) is 17.2 Å². The van der Waals surface area contributed by atoms with Crippen LogP contribution in [0.25, 0.3) is 0 Å². The van der Waals surface area contributed by atoms with Crippen molar-refractivity contribution in [1.82, 2.24) is 5.32 Å². The number of hydrogen-bond acceptors (Lipinski definition) is 4. The number of nitriles is 1. The first-order valence-corrected chi connectivity index (χ1v) is 8.24. The smallest absolute Gasteiger partial charge is 0.240 e. The van der Waals surface area contributed by atoms with Gasteiger partial charge in [0.15, 0.2) is 0 Å². The highest BCUT2D eigenvalue weighted by atomic mass is 16.2. The maximum Gasteiger partial charge on any atom is 0.240 e. The van der Waals surface area contributed by atoms with Crippen molar-refractivity contribution in [2.45, 2.75) is 45.6 Å². The minimum Gasteiger partial charge on any atom is -0.376 e. The molecule has 1 aromatic rings. The molecule has 0 unspecified atom stereocenters. The number of carbonyl (C=O) groups is 2. The van der Waals surface area contributed by atoms with Gasteiger partial charge in [0.25, 0.3) is 0 Å². The molecule has 128 valence electrons. The Kier molecular flexibility index (Phi) is 5.45. The van der Waals surface area contributed by atoms with Gasteiger partial charge in [0.2, 0.25) is 11.8 Å². The van der Waals surface area contributed by atoms with Crippen molar-refractivity contribution in [3.63, 3.8) is 0 Å². The molecule has 0 bridgehead atoms. The van der Waals surface area contributed by atoms with Crippen molar-refractivity contribution < 1.29 is 9.59 Å². The summed E-state index contributed by atoms with van der Waals surface area (Å²) in [6, 6.07) is 7.73. The lowest BCUT2D eigenvalue weighted by molar-refractivity contribution is -0.120. The van der Waals surface area contributed by atoms with Gasteiger partial charge in [0.05, 0.1) is 12.6 Å². The Labute approximate surface area is 142 Å². The highest BCUT2D eigenvalue weighted by Gasteiger charge is 2.42. The minimum absolute atomic E-state index is 0.0585. The predicted octanol–water partition coefficient (Wildman–Crippen LogP) is 2.56. The Balaban J connectivity index is 1.95. The normalized spacial score (nSPS) is 15.8. The maximum absolute atomic E-state index is 12.1. The number of benzene rings is 1. The SMILES string of the molecule is CCC(=O)Nc1ccc(C)c(NCC(=O)N[C@](C)(C#N)C2CC2)c1. The molecular weight excluding hydrogens is 304 g/mol. The van der Waals surface area contributed by atoms with E-state index < -0.39 is 5.54 Å². The number of aryl methyl sites for hydroxylation is 1. The second-order valence-electron chi connectivity index (χ2n) is 6.42. The van der Waals surface area contributed by atoms with Crippen LogP contribution >= 0.6 is 0 Å². The molecule has 1 aromatic carbocycles. The van der Waals surface area contributed by atoms with E-state index in [4.69, 9.17) is 0 Å². The van der Waals surface area contributed by atoms with Crippen molar-refractivity contribution in [3.8, 4) is 6.07 Å². The third kappa shape index (κ3) is 4.48. The Morgan fingerprint density at radius 3 is 2.62 bits per heavy atom. The zero-order chi connectivity index (χ0) is 17.7. The Bertz CT molecular complexity index is 676. The number of anilines is 2. The summed E-state index contributed by atoms with van der Waals surface area (Å²) in [5, 5.41) is 18.0. The van der Waals surface area contributed by atoms with Gasteiger partial charge >= 0.3 is 0 Å². The topological polar surface area (TPSA) is 94.0 Å². The van der Waals surface area contributed by atoms with E-state index in [1.54, 1.807) is 19.9 Å². The van der Waals surface area contributed by atoms with E-state index >= 15 is 0 Å². The fourth-order valence-electron chi connectivity index (χ4n) is 2.53. The zero-order valence-corrected chi connectivity index (χ0v) is 14.4. The zero-order valence-electron chi connectivity index (χ0n) is 14.4. The van der Waals surface area contributed by atoms with Crippen molar-refractivity contribution in [1.29, 1.82) is 5.26 Å². The summed E-state index contributed by atoms with van der Waals surface area (Å²) in [4.78, 5) is 23.6. The van der Waals surface area contributed by atoms with Crippen molar-refractivity contribution >= 4 is 23.2 Å². The van der Waals surface area contributed by atoms with Crippen molar-refractivity contribution in [2.24, 2.45) is 5.92 Å². The number of hydrogen-bond donors (Lipinski definition) is 3. The molecule has 1 aliphatic rings. The van der Waals surface area contributed by atoms with Gasteiger partial charge in [-0.2, -0.15) is 5.26 Å². The molecule has 6 heteroatoms. The van der Waals surface area contributed by atoms with E-state index in [-0.39, 0.29) is 24.3 Å². The van der Waals surface area contributed by atoms with Crippen LogP contribution in [0.1, 0.15) is 38.7 Å². The highest BCUT2D eigenvalue weighted by molar-refractivity contribution is 5.91. The minimum atomic E-state index is -0.787. The van der Waals surface area contributed by atoms with Crippen molar-refractivity contribution in [3.05, 3.63) is 23.8 Å². The van der Waals surface area contributed by atoms with E-state index in [9.17, 15) is 14.9 Å². The molecule has 0 saturated heterocycles. The van der Waals surface area contributed by atoms with Gasteiger partial charge < -0.3 is 16.0 Å². The molecule has 2 rings (SSSR count). The van der Waals surface area contributed by atoms with E-state index in [0.717, 1.165) is 24.1 Å². The Morgan fingerprint density at radius 1 is 1.33 bits per heavy atom. The molecule has 0 spiro atoms. The first kappa shape index (κ1) is 17.8. The van der Waals surface area contributed by atoms with Gasteiger partial charge in [0.1, 0.15) is 5.54 Å². The summed E-state index contributed by atoms with van der Waals surface area (Å²) in [6.45, 7) is 5.57. The van der Waals surface area contributed by atoms with E-state index in [1.807, 2.05) is 19.1 Å². The van der Waals surface area contributed by atoms with Crippen LogP contribution in [-0.2, 0) is 9.59 Å². The molecule has 0 heterocycles. The summed E-state index contributed by atoms with van der Waals surface area (Å²) < 4.78 is 0. The molecular formula is C18H24N4O2. The standard InChI is InChI=1S/C18H24N4O2/c1-4-16(23)21-14-8-5-12(2)15(9-14)20-10-17(24)22-18(3,11-19)13-6-7-13/h5,8-9,13,20H,4,6-7,10H2,1-3H3,(H,21,23)(H,22,24)/t18-/m1/s1. The molecule has 0 aromatic heterocycles. The molecule has 2 amide bonds. The van der Waals surface area contributed by atoms with Gasteiger partial charge in [-0.25, -0.2) is 0 Å². The first-order valence-electron chi connectivity index (χ1n) is 8.24. The Morgan fingerprint density at radius 2 is 2.04 bits per heavy atom. The third-order valence-electron chi connectivity index (χ3n) is 4.31. The number of amides is 2. The van der Waals surface area contributed by atoms with Crippen LogP contribution in [0.3, 0.4) is 0 Å². The molecule has 24 heavy (non-hydrogen) atoms. The van der Waals surface area contributed by atoms with Crippen LogP contribution in [0.4, 0.5) is 11.4 Å². The van der Waals surface area contributed by atoms with Gasteiger partial charge in [-0.1, -0.05) is 13.0 Å². The number of nitrogens with zero attached hydrogens (tertiary/aromatic N) is 1. The second kappa shape index (κ2) is 7.35. The largest absolute Gasteiger partial charge is 0.376 e. The molecule has 0 radical (unpaired) electrons. The fourth-order valence-corrected chi connectivity index (χ4v) is 2.53. The lowest BCUT2D eigenvalue weighted by Gasteiger charge is -2.23. The maximum atomic E-state index is 12.1. The molecule has 0 aliphatic heterocycles. The first-order chi connectivity index (χ1) is 11.4. The second-order valence-corrected chi connectivity index (χ2v) is 6.42. The summed E-state index contributed by atoms with van der Waals surface area (Å²) in [6.07, 6.45) is 2.37. The van der Waals surface area contributed by atoms with E-state index in [0.29, 0.717) is 12.1 Å². The Hall–Kier alpha value is -2.55. The lowest BCUT2D eigenvalue weighted by Crippen LogP contribution is -2.48. The third-order valence-corrected chi connectivity index (χ3v) is 4.31. The average molecular weight is 328 g/mol. The summed E-state index contributed by atoms with van der Waals surface area (Å²) in [5.74, 6) is -0.0223. The van der Waals surface area contributed by atoms with Crippen LogP contribution in [-0.4, -0.2) is 23.9 Å². The monoisotopic (exact) mass is 328 g/mol. The van der Waals surface area contributed by atoms with Gasteiger partial charge in [-0.05, 0) is 50.3 Å². The molecule has 1 fully saturated rings. The molecule has 1 saturated carbocycles. The van der Waals surface area contributed by atoms with Gasteiger partial charge in [-0.15, -0.1) is 0 Å².